The number of thioether (sulfide) groups is 1. The zero-order valence-electron chi connectivity index (χ0n) is 16.8. The van der Waals surface area contributed by atoms with E-state index in [9.17, 15) is 4.79 Å². The number of rotatable bonds is 8. The van der Waals surface area contributed by atoms with Crippen molar-refractivity contribution in [2.75, 3.05) is 11.1 Å². The number of hydrogen-bond acceptors (Lipinski definition) is 4. The molecule has 2 aromatic heterocycles. The van der Waals surface area contributed by atoms with E-state index in [1.807, 2.05) is 47.0 Å². The maximum Gasteiger partial charge on any atom is 0.193 e. The van der Waals surface area contributed by atoms with Crippen molar-refractivity contribution in [2.24, 2.45) is 5.92 Å². The summed E-state index contributed by atoms with van der Waals surface area (Å²) >= 11 is 1.70. The number of anilines is 1. The first-order chi connectivity index (χ1) is 14.0. The van der Waals surface area contributed by atoms with Crippen LogP contribution >= 0.6 is 11.8 Å². The Morgan fingerprint density at radius 2 is 2.00 bits per heavy atom. The molecule has 0 atom stereocenters. The van der Waals surface area contributed by atoms with Gasteiger partial charge in [-0.15, -0.1) is 11.8 Å². The highest BCUT2D eigenvalue weighted by Gasteiger charge is 2.13. The Morgan fingerprint density at radius 1 is 1.24 bits per heavy atom. The van der Waals surface area contributed by atoms with Crippen molar-refractivity contribution in [2.45, 2.75) is 18.9 Å². The Balaban J connectivity index is 2.26. The molecule has 0 aliphatic carbocycles. The maximum absolute atomic E-state index is 12.8. The van der Waals surface area contributed by atoms with Crippen molar-refractivity contribution >= 4 is 28.5 Å². The van der Waals surface area contributed by atoms with Crippen LogP contribution in [0.5, 0.6) is 0 Å². The van der Waals surface area contributed by atoms with Crippen LogP contribution in [0, 0.1) is 5.92 Å². The zero-order chi connectivity index (χ0) is 20.8. The lowest BCUT2D eigenvalue weighted by atomic mass is 10.2. The average Bonchev–Trinajstić information content (AvgIpc) is 2.72. The van der Waals surface area contributed by atoms with Gasteiger partial charge in [-0.25, -0.2) is 4.98 Å². The number of pyridine rings is 2. The van der Waals surface area contributed by atoms with Gasteiger partial charge in [0.2, 0.25) is 0 Å². The summed E-state index contributed by atoms with van der Waals surface area (Å²) in [5.41, 5.74) is 2.44. The topological polar surface area (TPSA) is 46.9 Å². The number of aromatic nitrogens is 2. The van der Waals surface area contributed by atoms with Gasteiger partial charge in [0.1, 0.15) is 5.82 Å². The van der Waals surface area contributed by atoms with Crippen molar-refractivity contribution in [3.63, 3.8) is 0 Å². The molecule has 0 radical (unpaired) electrons. The van der Waals surface area contributed by atoms with E-state index in [1.54, 1.807) is 36.2 Å². The fourth-order valence-electron chi connectivity index (χ4n) is 2.91. The molecule has 0 saturated carbocycles. The van der Waals surface area contributed by atoms with E-state index in [0.29, 0.717) is 17.1 Å². The summed E-state index contributed by atoms with van der Waals surface area (Å²) in [5.74, 6) is 2.18. The van der Waals surface area contributed by atoms with E-state index in [1.165, 1.54) is 0 Å². The summed E-state index contributed by atoms with van der Waals surface area (Å²) < 4.78 is 2.04. The maximum atomic E-state index is 12.8. The molecule has 0 fully saturated rings. The van der Waals surface area contributed by atoms with Crippen molar-refractivity contribution < 1.29 is 0 Å². The lowest BCUT2D eigenvalue weighted by molar-refractivity contribution is 0.749. The predicted octanol–water partition coefficient (Wildman–Crippen LogP) is 5.80. The molecule has 1 aromatic carbocycles. The average molecular weight is 404 g/mol. The minimum Gasteiger partial charge on any atom is -0.341 e. The minimum absolute atomic E-state index is 0.0791. The number of hydrogen-bond donors (Lipinski definition) is 1. The molecule has 0 bridgehead atoms. The van der Waals surface area contributed by atoms with Gasteiger partial charge in [0.15, 0.2) is 5.43 Å². The molecule has 148 valence electrons. The molecule has 29 heavy (non-hydrogen) atoms. The van der Waals surface area contributed by atoms with Crippen LogP contribution in [0.2, 0.25) is 0 Å². The summed E-state index contributed by atoms with van der Waals surface area (Å²) in [4.78, 5) is 17.3. The molecular formula is C24H25N3OS. The number of benzene rings is 1. The Bertz CT molecular complexity index is 1110. The van der Waals surface area contributed by atoms with Crippen LogP contribution in [0.25, 0.3) is 16.6 Å². The van der Waals surface area contributed by atoms with Gasteiger partial charge < -0.3 is 5.32 Å². The van der Waals surface area contributed by atoms with E-state index < -0.39 is 0 Å². The molecule has 2 heterocycles. The normalized spacial score (nSPS) is 11.6. The molecule has 0 spiro atoms. The van der Waals surface area contributed by atoms with Gasteiger partial charge in [0, 0.05) is 29.4 Å². The first-order valence-electron chi connectivity index (χ1n) is 9.49. The smallest absolute Gasteiger partial charge is 0.193 e. The van der Waals surface area contributed by atoms with Crippen molar-refractivity contribution in [1.82, 2.24) is 9.55 Å². The summed E-state index contributed by atoms with van der Waals surface area (Å²) in [7, 11) is 0. The Kier molecular flexibility index (Phi) is 6.73. The second kappa shape index (κ2) is 9.43. The number of nitrogens with zero attached hydrogens (tertiary/aromatic N) is 2. The van der Waals surface area contributed by atoms with E-state index >= 15 is 0 Å². The predicted molar refractivity (Wildman–Crippen MR) is 125 cm³/mol. The number of para-hydroxylation sites is 1. The molecule has 5 heteroatoms. The first kappa shape index (κ1) is 20.7. The molecule has 0 saturated heterocycles. The van der Waals surface area contributed by atoms with Crippen LogP contribution in [0.4, 0.5) is 5.82 Å². The minimum atomic E-state index is -0.0791. The second-order valence-electron chi connectivity index (χ2n) is 7.00. The van der Waals surface area contributed by atoms with Gasteiger partial charge in [-0.3, -0.25) is 9.36 Å². The van der Waals surface area contributed by atoms with E-state index in [4.69, 9.17) is 0 Å². The summed E-state index contributed by atoms with van der Waals surface area (Å²) in [6.07, 6.45) is 6.87. The van der Waals surface area contributed by atoms with Gasteiger partial charge in [0.25, 0.3) is 0 Å². The summed E-state index contributed by atoms with van der Waals surface area (Å²) in [5, 5.41) is 4.79. The molecule has 3 rings (SSSR count). The van der Waals surface area contributed by atoms with Crippen molar-refractivity contribution in [1.29, 1.82) is 0 Å². The van der Waals surface area contributed by atoms with Crippen LogP contribution in [0.3, 0.4) is 0 Å². The van der Waals surface area contributed by atoms with Gasteiger partial charge in [-0.1, -0.05) is 51.3 Å². The summed E-state index contributed by atoms with van der Waals surface area (Å²) in [6, 6.07) is 13.5. The van der Waals surface area contributed by atoms with Crippen LogP contribution in [-0.2, 0) is 0 Å². The molecule has 0 aliphatic rings. The van der Waals surface area contributed by atoms with Crippen LogP contribution in [-0.4, -0.2) is 15.3 Å². The Hall–Kier alpha value is -3.05. The monoisotopic (exact) mass is 403 g/mol. The Morgan fingerprint density at radius 3 is 2.66 bits per heavy atom. The first-order valence-corrected chi connectivity index (χ1v) is 10.5. The molecule has 3 aromatic rings. The van der Waals surface area contributed by atoms with Crippen LogP contribution in [0.15, 0.2) is 95.6 Å². The second-order valence-corrected chi connectivity index (χ2v) is 8.04. The van der Waals surface area contributed by atoms with Gasteiger partial charge in [-0.05, 0) is 36.3 Å². The molecule has 0 unspecified atom stereocenters. The SMILES string of the molecule is C=C/C=C(\C=C)Nc1cc(=O)c2cnc(SCC(C)C)cc2n1-c1ccccc1. The quantitative estimate of drug-likeness (QED) is 0.381. The van der Waals surface area contributed by atoms with E-state index in [0.717, 1.165) is 27.7 Å². The lowest BCUT2D eigenvalue weighted by Crippen LogP contribution is -2.14. The van der Waals surface area contributed by atoms with Gasteiger partial charge >= 0.3 is 0 Å². The highest BCUT2D eigenvalue weighted by Crippen LogP contribution is 2.27. The standard InChI is InChI=1S/C24H25N3OS/c1-5-10-18(6-2)26-23-14-22(28)20-15-25-24(29-16-17(3)4)13-21(20)27(23)19-11-8-7-9-12-19/h5-15,17,26H,1-2,16H2,3-4H3/b18-10+. The number of allylic oxidation sites excluding steroid dienone is 3. The van der Waals surface area contributed by atoms with E-state index in [2.05, 4.69) is 37.3 Å². The molecule has 0 amide bonds. The highest BCUT2D eigenvalue weighted by atomic mass is 32.2. The lowest BCUT2D eigenvalue weighted by Gasteiger charge is -2.19. The molecule has 1 N–H and O–H groups in total. The van der Waals surface area contributed by atoms with Gasteiger partial charge in [0.05, 0.1) is 15.9 Å². The van der Waals surface area contributed by atoms with Crippen molar-refractivity contribution in [3.05, 3.63) is 96.0 Å². The number of nitrogens with one attached hydrogen (secondary N) is 1. The molecule has 0 aliphatic heterocycles. The van der Waals surface area contributed by atoms with E-state index in [-0.39, 0.29) is 5.43 Å². The molecule has 4 nitrogen and oxygen atoms in total. The zero-order valence-corrected chi connectivity index (χ0v) is 17.6. The highest BCUT2D eigenvalue weighted by molar-refractivity contribution is 7.99. The van der Waals surface area contributed by atoms with Crippen molar-refractivity contribution in [3.8, 4) is 5.69 Å². The fourth-order valence-corrected chi connectivity index (χ4v) is 3.74. The summed E-state index contributed by atoms with van der Waals surface area (Å²) in [6.45, 7) is 11.9. The van der Waals surface area contributed by atoms with Crippen LogP contribution < -0.4 is 10.7 Å². The number of fused-ring (bicyclic) bond motifs is 1. The fraction of sp³-hybridized carbons (Fsp3) is 0.167. The molecular weight excluding hydrogens is 378 g/mol. The largest absolute Gasteiger partial charge is 0.341 e. The third-order valence-corrected chi connectivity index (χ3v) is 5.59. The van der Waals surface area contributed by atoms with Crippen LogP contribution in [0.1, 0.15) is 13.8 Å². The van der Waals surface area contributed by atoms with Gasteiger partial charge in [-0.2, -0.15) is 0 Å². The Labute approximate surface area is 175 Å². The third-order valence-electron chi connectivity index (χ3n) is 4.24. The third kappa shape index (κ3) is 4.87.